The Labute approximate surface area is 183 Å². The van der Waals surface area contributed by atoms with Gasteiger partial charge in [0, 0.05) is 50.2 Å². The van der Waals surface area contributed by atoms with Crippen molar-refractivity contribution in [1.82, 2.24) is 24.8 Å². The number of hydrogen-bond acceptors (Lipinski definition) is 6. The van der Waals surface area contributed by atoms with E-state index in [4.69, 9.17) is 9.90 Å². The molecule has 2 aromatic heterocycles. The number of likely N-dealkylation sites (tertiary alicyclic amines) is 2. The van der Waals surface area contributed by atoms with Crippen molar-refractivity contribution in [2.24, 2.45) is 5.41 Å². The molecule has 2 aliphatic heterocycles. The molecule has 1 spiro atoms. The lowest BCUT2D eigenvalue weighted by molar-refractivity contribution is -0.192. The molecule has 172 valence electrons. The molecular formula is C21H24F3N5O3. The quantitative estimate of drug-likeness (QED) is 0.766. The van der Waals surface area contributed by atoms with Gasteiger partial charge in [0.15, 0.2) is 0 Å². The predicted molar refractivity (Wildman–Crippen MR) is 107 cm³/mol. The van der Waals surface area contributed by atoms with Crippen LogP contribution in [0.15, 0.2) is 43.0 Å². The number of carbonyl (C=O) groups is 2. The van der Waals surface area contributed by atoms with Crippen LogP contribution in [0.1, 0.15) is 35.4 Å². The van der Waals surface area contributed by atoms with Crippen molar-refractivity contribution in [3.05, 3.63) is 54.4 Å². The summed E-state index contributed by atoms with van der Waals surface area (Å²) in [7, 11) is 0. The van der Waals surface area contributed by atoms with Crippen LogP contribution in [-0.2, 0) is 11.3 Å². The van der Waals surface area contributed by atoms with Gasteiger partial charge in [-0.1, -0.05) is 6.07 Å². The fourth-order valence-corrected chi connectivity index (χ4v) is 4.17. The van der Waals surface area contributed by atoms with Gasteiger partial charge in [0.1, 0.15) is 5.69 Å². The fourth-order valence-electron chi connectivity index (χ4n) is 4.17. The van der Waals surface area contributed by atoms with Gasteiger partial charge in [-0.25, -0.2) is 9.78 Å². The first kappa shape index (κ1) is 23.6. The number of alkyl halides is 3. The highest BCUT2D eigenvalue weighted by Gasteiger charge is 2.42. The number of amides is 1. The van der Waals surface area contributed by atoms with Crippen LogP contribution in [0.2, 0.25) is 0 Å². The van der Waals surface area contributed by atoms with Gasteiger partial charge in [-0.3, -0.25) is 19.7 Å². The second-order valence-electron chi connectivity index (χ2n) is 8.01. The highest BCUT2D eigenvalue weighted by Crippen LogP contribution is 2.39. The maximum absolute atomic E-state index is 12.7. The maximum Gasteiger partial charge on any atom is 0.490 e. The summed E-state index contributed by atoms with van der Waals surface area (Å²) in [4.78, 5) is 38.7. The summed E-state index contributed by atoms with van der Waals surface area (Å²) in [6.45, 7) is 4.64. The standard InChI is InChI=1S/C19H23N5O.C2HF3O2/c25-18(17-12-20-8-9-22-17)24-10-3-5-19(15-24)6-11-23(14-19)13-16-4-1-2-7-21-16;3-2(4,5)1(6)7/h1-2,4,7-9,12H,3,5-6,10-11,13-15H2;(H,6,7). The highest BCUT2D eigenvalue weighted by atomic mass is 19.4. The largest absolute Gasteiger partial charge is 0.490 e. The zero-order chi connectivity index (χ0) is 23.2. The van der Waals surface area contributed by atoms with Gasteiger partial charge in [0.2, 0.25) is 0 Å². The second-order valence-corrected chi connectivity index (χ2v) is 8.01. The van der Waals surface area contributed by atoms with Crippen molar-refractivity contribution in [2.75, 3.05) is 26.2 Å². The van der Waals surface area contributed by atoms with Crippen molar-refractivity contribution in [2.45, 2.75) is 32.0 Å². The molecule has 1 unspecified atom stereocenters. The van der Waals surface area contributed by atoms with Gasteiger partial charge >= 0.3 is 12.1 Å². The van der Waals surface area contributed by atoms with Gasteiger partial charge in [-0.05, 0) is 37.9 Å². The number of carbonyl (C=O) groups excluding carboxylic acids is 1. The van der Waals surface area contributed by atoms with Crippen molar-refractivity contribution in [3.8, 4) is 0 Å². The van der Waals surface area contributed by atoms with Crippen LogP contribution in [0.4, 0.5) is 13.2 Å². The van der Waals surface area contributed by atoms with Crippen LogP contribution < -0.4 is 0 Å². The van der Waals surface area contributed by atoms with Gasteiger partial charge in [0.05, 0.1) is 11.9 Å². The van der Waals surface area contributed by atoms with Gasteiger partial charge in [0.25, 0.3) is 5.91 Å². The van der Waals surface area contributed by atoms with Gasteiger partial charge in [-0.2, -0.15) is 13.2 Å². The van der Waals surface area contributed by atoms with E-state index >= 15 is 0 Å². The van der Waals surface area contributed by atoms with E-state index in [1.807, 2.05) is 23.2 Å². The molecule has 2 saturated heterocycles. The lowest BCUT2D eigenvalue weighted by Gasteiger charge is -2.40. The van der Waals surface area contributed by atoms with Crippen molar-refractivity contribution in [3.63, 3.8) is 0 Å². The minimum absolute atomic E-state index is 0.00958. The number of piperidine rings is 1. The van der Waals surface area contributed by atoms with E-state index in [1.54, 1.807) is 18.6 Å². The molecule has 0 aliphatic carbocycles. The molecule has 2 fully saturated rings. The monoisotopic (exact) mass is 451 g/mol. The first-order valence-electron chi connectivity index (χ1n) is 10.2. The summed E-state index contributed by atoms with van der Waals surface area (Å²) in [5.74, 6) is -2.75. The third-order valence-electron chi connectivity index (χ3n) is 5.60. The Hall–Kier alpha value is -3.08. The maximum atomic E-state index is 12.7. The fraction of sp³-hybridized carbons (Fsp3) is 0.476. The molecule has 4 rings (SSSR count). The number of aliphatic carboxylic acids is 1. The molecule has 32 heavy (non-hydrogen) atoms. The summed E-state index contributed by atoms with van der Waals surface area (Å²) in [6, 6.07) is 6.07. The average Bonchev–Trinajstić information content (AvgIpc) is 3.15. The molecule has 1 N–H and O–H groups in total. The second kappa shape index (κ2) is 10.0. The third kappa shape index (κ3) is 6.22. The Balaban J connectivity index is 0.000000360. The van der Waals surface area contributed by atoms with E-state index in [-0.39, 0.29) is 11.3 Å². The van der Waals surface area contributed by atoms with Crippen LogP contribution in [0.25, 0.3) is 0 Å². The van der Waals surface area contributed by atoms with Crippen LogP contribution in [-0.4, -0.2) is 74.1 Å². The van der Waals surface area contributed by atoms with E-state index in [2.05, 4.69) is 25.9 Å². The van der Waals surface area contributed by atoms with E-state index in [1.165, 1.54) is 6.42 Å². The lowest BCUT2D eigenvalue weighted by Crippen LogP contribution is -2.47. The molecule has 1 atom stereocenters. The van der Waals surface area contributed by atoms with Crippen LogP contribution in [0.3, 0.4) is 0 Å². The summed E-state index contributed by atoms with van der Waals surface area (Å²) in [6.07, 6.45) is 4.90. The van der Waals surface area contributed by atoms with Crippen LogP contribution in [0.5, 0.6) is 0 Å². The minimum atomic E-state index is -5.08. The Morgan fingerprint density at radius 2 is 1.84 bits per heavy atom. The van der Waals surface area contributed by atoms with Gasteiger partial charge in [-0.15, -0.1) is 0 Å². The predicted octanol–water partition coefficient (Wildman–Crippen LogP) is 2.63. The Morgan fingerprint density at radius 1 is 1.06 bits per heavy atom. The van der Waals surface area contributed by atoms with E-state index in [0.717, 1.165) is 51.3 Å². The van der Waals surface area contributed by atoms with Gasteiger partial charge < -0.3 is 10.0 Å². The first-order chi connectivity index (χ1) is 15.2. The summed E-state index contributed by atoms with van der Waals surface area (Å²) in [5.41, 5.74) is 1.77. The Morgan fingerprint density at radius 3 is 2.47 bits per heavy atom. The number of carboxylic acid groups (broad SMARTS) is 1. The van der Waals surface area contributed by atoms with Crippen molar-refractivity contribution >= 4 is 11.9 Å². The Kier molecular flexibility index (Phi) is 7.39. The van der Waals surface area contributed by atoms with Crippen molar-refractivity contribution in [1.29, 1.82) is 0 Å². The molecule has 2 aliphatic rings. The number of pyridine rings is 1. The topological polar surface area (TPSA) is 99.5 Å². The summed E-state index contributed by atoms with van der Waals surface area (Å²) < 4.78 is 31.7. The SMILES string of the molecule is O=C(O)C(F)(F)F.O=C(c1cnccn1)N1CCCC2(CCN(Cc3ccccn3)C2)C1. The van der Waals surface area contributed by atoms with Crippen molar-refractivity contribution < 1.29 is 27.9 Å². The van der Waals surface area contributed by atoms with E-state index < -0.39 is 12.1 Å². The normalized spacial score (nSPS) is 21.2. The molecule has 4 heterocycles. The molecular weight excluding hydrogens is 427 g/mol. The molecule has 1 amide bonds. The van der Waals surface area contributed by atoms with Crippen LogP contribution >= 0.6 is 0 Å². The summed E-state index contributed by atoms with van der Waals surface area (Å²) >= 11 is 0. The lowest BCUT2D eigenvalue weighted by atomic mass is 9.79. The molecule has 0 aromatic carbocycles. The van der Waals surface area contributed by atoms with E-state index in [9.17, 15) is 18.0 Å². The minimum Gasteiger partial charge on any atom is -0.475 e. The number of nitrogens with zero attached hydrogens (tertiary/aromatic N) is 5. The zero-order valence-electron chi connectivity index (χ0n) is 17.3. The molecule has 0 radical (unpaired) electrons. The molecule has 11 heteroatoms. The zero-order valence-corrected chi connectivity index (χ0v) is 17.3. The number of hydrogen-bond donors (Lipinski definition) is 1. The molecule has 0 saturated carbocycles. The number of halogens is 3. The molecule has 8 nitrogen and oxygen atoms in total. The van der Waals surface area contributed by atoms with E-state index in [0.29, 0.717) is 5.69 Å². The average molecular weight is 451 g/mol. The number of carboxylic acids is 1. The molecule has 0 bridgehead atoms. The summed E-state index contributed by atoms with van der Waals surface area (Å²) in [5, 5.41) is 7.12. The smallest absolute Gasteiger partial charge is 0.475 e. The first-order valence-corrected chi connectivity index (χ1v) is 10.2. The van der Waals surface area contributed by atoms with Crippen LogP contribution in [0, 0.1) is 5.41 Å². The third-order valence-corrected chi connectivity index (χ3v) is 5.60. The number of aromatic nitrogens is 3. The number of rotatable bonds is 3. The Bertz CT molecular complexity index is 914. The molecule has 2 aromatic rings. The highest BCUT2D eigenvalue weighted by molar-refractivity contribution is 5.92.